The fourth-order valence-corrected chi connectivity index (χ4v) is 0.697. The number of aliphatic carboxylic acids is 1. The monoisotopic (exact) mass is 223 g/mol. The van der Waals surface area contributed by atoms with Gasteiger partial charge in [0.2, 0.25) is 0 Å². The molecule has 0 unspecified atom stereocenters. The molecule has 0 saturated heterocycles. The highest BCUT2D eigenvalue weighted by Crippen LogP contribution is 2.01. The molecule has 0 aliphatic rings. The molecule has 0 radical (unpaired) electrons. The van der Waals surface area contributed by atoms with Crippen molar-refractivity contribution in [1.82, 2.24) is 5.32 Å². The van der Waals surface area contributed by atoms with Gasteiger partial charge in [0, 0.05) is 11.1 Å². The van der Waals surface area contributed by atoms with Gasteiger partial charge in [0.15, 0.2) is 0 Å². The molecule has 0 fully saturated rings. The molecule has 0 atom stereocenters. The minimum atomic E-state index is -1.22. The Balaban J connectivity index is 4.63. The Labute approximate surface area is 93.1 Å². The molecule has 0 saturated carbocycles. The van der Waals surface area contributed by atoms with Crippen LogP contribution in [0.5, 0.6) is 0 Å². The fourth-order valence-electron chi connectivity index (χ4n) is 0.697. The van der Waals surface area contributed by atoms with Gasteiger partial charge in [0.05, 0.1) is 5.57 Å². The van der Waals surface area contributed by atoms with Crippen LogP contribution in [0.25, 0.3) is 0 Å². The Morgan fingerprint density at radius 1 is 1.12 bits per heavy atom. The fraction of sp³-hybridized carbons (Fsp3) is 0.182. The van der Waals surface area contributed by atoms with Crippen LogP contribution >= 0.6 is 0 Å². The van der Waals surface area contributed by atoms with Crippen LogP contribution in [0.3, 0.4) is 0 Å². The Hall–Kier alpha value is -2.17. The summed E-state index contributed by atoms with van der Waals surface area (Å²) in [5.41, 5.74) is 0.0515. The van der Waals surface area contributed by atoms with Gasteiger partial charge >= 0.3 is 5.97 Å². The van der Waals surface area contributed by atoms with Gasteiger partial charge in [-0.15, -0.1) is 0 Å². The van der Waals surface area contributed by atoms with Crippen molar-refractivity contribution in [2.24, 2.45) is 0 Å². The molecule has 5 nitrogen and oxygen atoms in total. The summed E-state index contributed by atoms with van der Waals surface area (Å²) in [7, 11) is 0. The van der Waals surface area contributed by atoms with Gasteiger partial charge in [-0.05, 0) is 19.9 Å². The number of hydrogen-bond donors (Lipinski definition) is 2. The van der Waals surface area contributed by atoms with E-state index in [9.17, 15) is 14.4 Å². The number of carbonyl (C=O) groups is 3. The number of carboxylic acids is 1. The van der Waals surface area contributed by atoms with Crippen molar-refractivity contribution >= 4 is 17.8 Å². The Bertz CT molecular complexity index is 404. The molecule has 86 valence electrons. The largest absolute Gasteiger partial charge is 0.478 e. The van der Waals surface area contributed by atoms with Crippen LogP contribution in [0, 0.1) is 0 Å². The maximum Gasteiger partial charge on any atom is 0.335 e. The SMILES string of the molecule is C=C(C)C(=O)NC(=O)C(C)=CC(=C)C(=O)O. The average molecular weight is 223 g/mol. The van der Waals surface area contributed by atoms with Gasteiger partial charge in [-0.25, -0.2) is 4.79 Å². The first-order valence-electron chi connectivity index (χ1n) is 4.37. The number of hydrogen-bond acceptors (Lipinski definition) is 3. The Morgan fingerprint density at radius 3 is 2.00 bits per heavy atom. The van der Waals surface area contributed by atoms with Crippen molar-refractivity contribution < 1.29 is 19.5 Å². The highest BCUT2D eigenvalue weighted by molar-refractivity contribution is 6.09. The van der Waals surface area contributed by atoms with Gasteiger partial charge in [-0.3, -0.25) is 14.9 Å². The summed E-state index contributed by atoms with van der Waals surface area (Å²) >= 11 is 0. The molecule has 0 rings (SSSR count). The number of nitrogens with one attached hydrogen (secondary N) is 1. The highest BCUT2D eigenvalue weighted by Gasteiger charge is 2.11. The topological polar surface area (TPSA) is 83.5 Å². The zero-order valence-electron chi connectivity index (χ0n) is 9.16. The van der Waals surface area contributed by atoms with Crippen LogP contribution in [0.4, 0.5) is 0 Å². The van der Waals surface area contributed by atoms with E-state index >= 15 is 0 Å². The standard InChI is InChI=1S/C11H13NO4/c1-6(2)9(13)12-10(14)7(3)5-8(4)11(15)16/h5H,1,4H2,2-3H3,(H,15,16)(H,12,13,14). The number of imide groups is 1. The molecule has 0 heterocycles. The minimum Gasteiger partial charge on any atom is -0.478 e. The summed E-state index contributed by atoms with van der Waals surface area (Å²) in [4.78, 5) is 32.9. The molecular weight excluding hydrogens is 210 g/mol. The summed E-state index contributed by atoms with van der Waals surface area (Å²) in [5.74, 6) is -2.49. The molecule has 16 heavy (non-hydrogen) atoms. The van der Waals surface area contributed by atoms with E-state index in [1.807, 2.05) is 5.32 Å². The van der Waals surface area contributed by atoms with Crippen LogP contribution in [0.1, 0.15) is 13.8 Å². The van der Waals surface area contributed by atoms with Crippen molar-refractivity contribution in [2.45, 2.75) is 13.8 Å². The van der Waals surface area contributed by atoms with Gasteiger partial charge in [0.25, 0.3) is 11.8 Å². The van der Waals surface area contributed by atoms with Crippen molar-refractivity contribution in [2.75, 3.05) is 0 Å². The van der Waals surface area contributed by atoms with E-state index in [-0.39, 0.29) is 16.7 Å². The molecule has 0 aromatic heterocycles. The Kier molecular flexibility index (Phi) is 4.88. The molecule has 0 aromatic carbocycles. The maximum atomic E-state index is 11.3. The van der Waals surface area contributed by atoms with Crippen LogP contribution in [0.15, 0.2) is 36.0 Å². The first-order valence-corrected chi connectivity index (χ1v) is 4.37. The molecule has 2 N–H and O–H groups in total. The van der Waals surface area contributed by atoms with Gasteiger partial charge in [-0.1, -0.05) is 13.2 Å². The van der Waals surface area contributed by atoms with Crippen molar-refractivity contribution in [3.05, 3.63) is 36.0 Å². The summed E-state index contributed by atoms with van der Waals surface area (Å²) in [6.07, 6.45) is 1.09. The second-order valence-electron chi connectivity index (χ2n) is 3.22. The van der Waals surface area contributed by atoms with E-state index in [4.69, 9.17) is 5.11 Å². The first kappa shape index (κ1) is 13.8. The quantitative estimate of drug-likeness (QED) is 0.545. The lowest BCUT2D eigenvalue weighted by molar-refractivity contribution is -0.132. The maximum absolute atomic E-state index is 11.3. The van der Waals surface area contributed by atoms with Crippen LogP contribution < -0.4 is 5.32 Å². The molecule has 0 aliphatic carbocycles. The van der Waals surface area contributed by atoms with Gasteiger partial charge in [0.1, 0.15) is 0 Å². The van der Waals surface area contributed by atoms with Crippen LogP contribution in [-0.4, -0.2) is 22.9 Å². The molecule has 0 aliphatic heterocycles. The predicted molar refractivity (Wildman–Crippen MR) is 58.5 cm³/mol. The molecule has 0 aromatic rings. The van der Waals surface area contributed by atoms with Crippen LogP contribution in [-0.2, 0) is 14.4 Å². The average Bonchev–Trinajstić information content (AvgIpc) is 2.16. The molecule has 0 spiro atoms. The second-order valence-corrected chi connectivity index (χ2v) is 3.22. The normalized spacial score (nSPS) is 10.5. The third-order valence-electron chi connectivity index (χ3n) is 1.64. The summed E-state index contributed by atoms with van der Waals surface area (Å²) < 4.78 is 0. The number of carbonyl (C=O) groups excluding carboxylic acids is 2. The third-order valence-corrected chi connectivity index (χ3v) is 1.64. The summed E-state index contributed by atoms with van der Waals surface area (Å²) in [6, 6.07) is 0. The van der Waals surface area contributed by atoms with E-state index in [0.29, 0.717) is 0 Å². The van der Waals surface area contributed by atoms with E-state index in [1.54, 1.807) is 0 Å². The van der Waals surface area contributed by atoms with Crippen molar-refractivity contribution in [3.63, 3.8) is 0 Å². The lowest BCUT2D eigenvalue weighted by Crippen LogP contribution is -2.31. The van der Waals surface area contributed by atoms with E-state index in [1.165, 1.54) is 13.8 Å². The minimum absolute atomic E-state index is 0.0852. The Morgan fingerprint density at radius 2 is 1.62 bits per heavy atom. The zero-order valence-corrected chi connectivity index (χ0v) is 9.16. The lowest BCUT2D eigenvalue weighted by Gasteiger charge is -2.03. The van der Waals surface area contributed by atoms with E-state index in [2.05, 4.69) is 13.2 Å². The number of rotatable bonds is 4. The van der Waals surface area contributed by atoms with Crippen molar-refractivity contribution in [3.8, 4) is 0 Å². The smallest absolute Gasteiger partial charge is 0.335 e. The predicted octanol–water partition coefficient (Wildman–Crippen LogP) is 0.792. The van der Waals surface area contributed by atoms with Gasteiger partial charge < -0.3 is 5.11 Å². The van der Waals surface area contributed by atoms with E-state index < -0.39 is 17.8 Å². The van der Waals surface area contributed by atoms with Gasteiger partial charge in [-0.2, -0.15) is 0 Å². The molecular formula is C11H13NO4. The molecule has 0 bridgehead atoms. The molecule has 5 heteroatoms. The molecule has 2 amide bonds. The second kappa shape index (κ2) is 5.65. The van der Waals surface area contributed by atoms with E-state index in [0.717, 1.165) is 6.08 Å². The van der Waals surface area contributed by atoms with Crippen LogP contribution in [0.2, 0.25) is 0 Å². The number of carboxylic acid groups (broad SMARTS) is 1. The first-order chi connectivity index (χ1) is 7.25. The number of amides is 2. The van der Waals surface area contributed by atoms with Crippen molar-refractivity contribution in [1.29, 1.82) is 0 Å². The summed E-state index contributed by atoms with van der Waals surface area (Å²) in [6.45, 7) is 9.43. The third kappa shape index (κ3) is 4.36. The highest BCUT2D eigenvalue weighted by atomic mass is 16.4. The lowest BCUT2D eigenvalue weighted by atomic mass is 10.2. The zero-order chi connectivity index (χ0) is 12.9. The summed E-state index contributed by atoms with van der Waals surface area (Å²) in [5, 5.41) is 10.6.